The predicted molar refractivity (Wildman–Crippen MR) is 58.7 cm³/mol. The zero-order valence-corrected chi connectivity index (χ0v) is 9.93. The molecule has 0 aromatic rings. The van der Waals surface area contributed by atoms with E-state index >= 15 is 0 Å². The van der Waals surface area contributed by atoms with Crippen LogP contribution in [0.2, 0.25) is 0 Å². The first-order chi connectivity index (χ1) is 7.40. The molecule has 0 spiro atoms. The van der Waals surface area contributed by atoms with Gasteiger partial charge in [0.1, 0.15) is 5.60 Å². The fourth-order valence-corrected chi connectivity index (χ4v) is 2.45. The van der Waals surface area contributed by atoms with E-state index in [1.807, 2.05) is 20.8 Å². The summed E-state index contributed by atoms with van der Waals surface area (Å²) in [6.07, 6.45) is 1.40. The van der Waals surface area contributed by atoms with Gasteiger partial charge < -0.3 is 9.94 Å². The summed E-state index contributed by atoms with van der Waals surface area (Å²) >= 11 is 0. The molecule has 0 radical (unpaired) electrons. The summed E-state index contributed by atoms with van der Waals surface area (Å²) in [4.78, 5) is 13.6. The Labute approximate surface area is 95.1 Å². The van der Waals surface area contributed by atoms with Crippen LogP contribution >= 0.6 is 0 Å². The molecule has 5 heteroatoms. The van der Waals surface area contributed by atoms with Crippen molar-refractivity contribution >= 4 is 11.8 Å². The number of nitrogens with zero attached hydrogens (tertiary/aromatic N) is 2. The molecule has 2 bridgehead atoms. The van der Waals surface area contributed by atoms with Gasteiger partial charge in [-0.15, -0.1) is 0 Å². The molecule has 0 aromatic carbocycles. The monoisotopic (exact) mass is 226 g/mol. The van der Waals surface area contributed by atoms with E-state index in [-0.39, 0.29) is 12.1 Å². The highest BCUT2D eigenvalue weighted by Crippen LogP contribution is 2.36. The van der Waals surface area contributed by atoms with Gasteiger partial charge in [-0.2, -0.15) is 0 Å². The van der Waals surface area contributed by atoms with Crippen molar-refractivity contribution in [3.05, 3.63) is 0 Å². The van der Waals surface area contributed by atoms with Crippen molar-refractivity contribution in [1.82, 2.24) is 4.90 Å². The lowest BCUT2D eigenvalue weighted by Crippen LogP contribution is -2.45. The lowest BCUT2D eigenvalue weighted by Gasteiger charge is -2.30. The van der Waals surface area contributed by atoms with Crippen molar-refractivity contribution in [2.45, 2.75) is 45.3 Å². The Bertz CT molecular complexity index is 333. The number of oxime groups is 1. The average molecular weight is 226 g/mol. The van der Waals surface area contributed by atoms with Gasteiger partial charge in [0.2, 0.25) is 0 Å². The van der Waals surface area contributed by atoms with Crippen LogP contribution in [-0.4, -0.2) is 40.1 Å². The van der Waals surface area contributed by atoms with E-state index in [1.54, 1.807) is 4.90 Å². The number of piperidine rings is 1. The van der Waals surface area contributed by atoms with E-state index in [0.29, 0.717) is 11.6 Å². The van der Waals surface area contributed by atoms with E-state index in [2.05, 4.69) is 5.16 Å². The van der Waals surface area contributed by atoms with Crippen molar-refractivity contribution in [1.29, 1.82) is 0 Å². The van der Waals surface area contributed by atoms with Gasteiger partial charge in [0.05, 0.1) is 11.8 Å². The number of carbonyl (C=O) groups excluding carboxylic acids is 1. The zero-order chi connectivity index (χ0) is 11.9. The third-order valence-corrected chi connectivity index (χ3v) is 3.03. The Morgan fingerprint density at radius 2 is 2.25 bits per heavy atom. The molecule has 2 atom stereocenters. The van der Waals surface area contributed by atoms with Gasteiger partial charge in [0.15, 0.2) is 0 Å². The third kappa shape index (κ3) is 1.99. The summed E-state index contributed by atoms with van der Waals surface area (Å²) < 4.78 is 5.32. The van der Waals surface area contributed by atoms with Crippen molar-refractivity contribution in [3.63, 3.8) is 0 Å². The van der Waals surface area contributed by atoms with Crippen LogP contribution < -0.4 is 0 Å². The maximum absolute atomic E-state index is 11.9. The summed E-state index contributed by atoms with van der Waals surface area (Å²) in [5.41, 5.74) is 0.234. The second kappa shape index (κ2) is 3.64. The van der Waals surface area contributed by atoms with E-state index < -0.39 is 5.60 Å². The third-order valence-electron chi connectivity index (χ3n) is 3.03. The molecular weight excluding hydrogens is 208 g/mol. The van der Waals surface area contributed by atoms with Gasteiger partial charge in [-0.05, 0) is 39.5 Å². The summed E-state index contributed by atoms with van der Waals surface area (Å²) in [6.45, 7) is 6.26. The molecule has 2 rings (SSSR count). The molecule has 90 valence electrons. The first kappa shape index (κ1) is 11.2. The number of likely N-dealkylation sites (tertiary alicyclic amines) is 1. The second-order valence-electron chi connectivity index (χ2n) is 5.55. The molecule has 1 saturated carbocycles. The number of carbonyl (C=O) groups is 1. The zero-order valence-electron chi connectivity index (χ0n) is 9.93. The van der Waals surface area contributed by atoms with Crippen LogP contribution in [0.3, 0.4) is 0 Å². The molecule has 16 heavy (non-hydrogen) atoms. The van der Waals surface area contributed by atoms with Crippen LogP contribution in [0.25, 0.3) is 0 Å². The smallest absolute Gasteiger partial charge is 0.410 e. The van der Waals surface area contributed by atoms with Crippen LogP contribution in [0.1, 0.15) is 33.6 Å². The van der Waals surface area contributed by atoms with Crippen molar-refractivity contribution in [2.24, 2.45) is 11.1 Å². The highest BCUT2D eigenvalue weighted by Gasteiger charge is 2.46. The number of amides is 1. The van der Waals surface area contributed by atoms with Crippen molar-refractivity contribution in [2.75, 3.05) is 6.54 Å². The molecular formula is C11H18N2O3. The minimum atomic E-state index is -0.477. The van der Waals surface area contributed by atoms with Crippen LogP contribution in [-0.2, 0) is 4.74 Å². The first-order valence-corrected chi connectivity index (χ1v) is 5.61. The quantitative estimate of drug-likeness (QED) is 0.506. The molecule has 1 heterocycles. The van der Waals surface area contributed by atoms with Crippen LogP contribution in [0.15, 0.2) is 5.16 Å². The van der Waals surface area contributed by atoms with E-state index in [9.17, 15) is 4.79 Å². The van der Waals surface area contributed by atoms with Gasteiger partial charge in [0, 0.05) is 6.54 Å². The van der Waals surface area contributed by atoms with E-state index in [4.69, 9.17) is 9.94 Å². The molecule has 1 aliphatic heterocycles. The molecule has 0 unspecified atom stereocenters. The molecule has 0 aromatic heterocycles. The highest BCUT2D eigenvalue weighted by atomic mass is 16.6. The Kier molecular flexibility index (Phi) is 2.56. The maximum atomic E-state index is 11.9. The Morgan fingerprint density at radius 1 is 1.56 bits per heavy atom. The van der Waals surface area contributed by atoms with Gasteiger partial charge in [-0.3, -0.25) is 4.90 Å². The van der Waals surface area contributed by atoms with Gasteiger partial charge in [0.25, 0.3) is 0 Å². The Morgan fingerprint density at radius 3 is 2.75 bits per heavy atom. The second-order valence-corrected chi connectivity index (χ2v) is 5.55. The molecule has 2 fully saturated rings. The Balaban J connectivity index is 2.04. The summed E-state index contributed by atoms with van der Waals surface area (Å²) in [6, 6.07) is -0.0511. The van der Waals surface area contributed by atoms with Crippen LogP contribution in [0, 0.1) is 5.92 Å². The SMILES string of the molecule is CC(C)(C)OC(=O)N1C[C@@H]2C/C(=N\O)[C@H]1C2. The largest absolute Gasteiger partial charge is 0.444 e. The molecule has 1 saturated heterocycles. The minimum absolute atomic E-state index is 0.0511. The normalized spacial score (nSPS) is 31.2. The van der Waals surface area contributed by atoms with Gasteiger partial charge >= 0.3 is 6.09 Å². The predicted octanol–water partition coefficient (Wildman–Crippen LogP) is 1.85. The number of rotatable bonds is 0. The fourth-order valence-electron chi connectivity index (χ4n) is 2.45. The van der Waals surface area contributed by atoms with Gasteiger partial charge in [-0.1, -0.05) is 5.16 Å². The molecule has 5 nitrogen and oxygen atoms in total. The maximum Gasteiger partial charge on any atom is 0.410 e. The summed E-state index contributed by atoms with van der Waals surface area (Å²) in [5, 5.41) is 12.1. The summed E-state index contributed by atoms with van der Waals surface area (Å²) in [7, 11) is 0. The van der Waals surface area contributed by atoms with Crippen LogP contribution in [0.4, 0.5) is 4.79 Å². The van der Waals surface area contributed by atoms with Gasteiger partial charge in [-0.25, -0.2) is 4.79 Å². The lowest BCUT2D eigenvalue weighted by atomic mass is 10.1. The van der Waals surface area contributed by atoms with Crippen molar-refractivity contribution < 1.29 is 14.7 Å². The van der Waals surface area contributed by atoms with E-state index in [1.165, 1.54) is 0 Å². The number of hydrogen-bond acceptors (Lipinski definition) is 4. The van der Waals surface area contributed by atoms with Crippen LogP contribution in [0.5, 0.6) is 0 Å². The fraction of sp³-hybridized carbons (Fsp3) is 0.818. The average Bonchev–Trinajstić information content (AvgIpc) is 2.72. The summed E-state index contributed by atoms with van der Waals surface area (Å²) in [5.74, 6) is 0.434. The first-order valence-electron chi connectivity index (χ1n) is 5.61. The lowest BCUT2D eigenvalue weighted by molar-refractivity contribution is 0.0248. The number of hydrogen-bond donors (Lipinski definition) is 1. The minimum Gasteiger partial charge on any atom is -0.444 e. The van der Waals surface area contributed by atoms with E-state index in [0.717, 1.165) is 19.4 Å². The Hall–Kier alpha value is -1.26. The number of fused-ring (bicyclic) bond motifs is 2. The molecule has 1 N–H and O–H groups in total. The number of ether oxygens (including phenoxy) is 1. The standard InChI is InChI=1S/C11H18N2O3/c1-11(2,3)16-10(14)13-6-7-4-8(12-15)9(13)5-7/h7,9,15H,4-6H2,1-3H3/b12-8+/t7-,9-/m1/s1. The highest BCUT2D eigenvalue weighted by molar-refractivity contribution is 5.95. The molecule has 2 aliphatic rings. The molecule has 1 amide bonds. The molecule has 1 aliphatic carbocycles. The van der Waals surface area contributed by atoms with Crippen molar-refractivity contribution in [3.8, 4) is 0 Å². The topological polar surface area (TPSA) is 62.1 Å².